The van der Waals surface area contributed by atoms with Gasteiger partial charge in [0.25, 0.3) is 0 Å². The van der Waals surface area contributed by atoms with E-state index in [1.54, 1.807) is 6.26 Å². The van der Waals surface area contributed by atoms with Crippen LogP contribution in [0.25, 0.3) is 0 Å². The summed E-state index contributed by atoms with van der Waals surface area (Å²) in [5.41, 5.74) is 2.21. The van der Waals surface area contributed by atoms with Crippen molar-refractivity contribution in [2.24, 2.45) is 0 Å². The van der Waals surface area contributed by atoms with Crippen LogP contribution in [0.3, 0.4) is 0 Å². The number of nitrogens with one attached hydrogen (secondary N) is 1. The van der Waals surface area contributed by atoms with Crippen molar-refractivity contribution >= 4 is 15.9 Å². The Balaban J connectivity index is 2.28. The molecule has 0 saturated heterocycles. The van der Waals surface area contributed by atoms with Gasteiger partial charge in [-0.15, -0.1) is 0 Å². The SMILES string of the molecule is CCNC(c1ccoc1Br)C(C)c1ccccn1. The highest BCUT2D eigenvalue weighted by atomic mass is 79.9. The van der Waals surface area contributed by atoms with Gasteiger partial charge in [-0.25, -0.2) is 0 Å². The van der Waals surface area contributed by atoms with Crippen LogP contribution in [0, 0.1) is 0 Å². The van der Waals surface area contributed by atoms with Crippen molar-refractivity contribution in [2.45, 2.75) is 25.8 Å². The predicted octanol–water partition coefficient (Wildman–Crippen LogP) is 3.89. The molecule has 0 amide bonds. The molecule has 3 nitrogen and oxygen atoms in total. The average molecular weight is 309 g/mol. The number of rotatable bonds is 5. The number of nitrogens with zero attached hydrogens (tertiary/aromatic N) is 1. The van der Waals surface area contributed by atoms with Crippen molar-refractivity contribution in [2.75, 3.05) is 6.54 Å². The van der Waals surface area contributed by atoms with E-state index in [1.807, 2.05) is 24.4 Å². The second-order valence-electron chi connectivity index (χ2n) is 4.23. The fourth-order valence-electron chi connectivity index (χ4n) is 2.12. The minimum Gasteiger partial charge on any atom is -0.457 e. The van der Waals surface area contributed by atoms with Gasteiger partial charge in [0.05, 0.1) is 6.26 Å². The molecule has 4 heteroatoms. The summed E-state index contributed by atoms with van der Waals surface area (Å²) in [4.78, 5) is 4.44. The van der Waals surface area contributed by atoms with Crippen LogP contribution in [-0.2, 0) is 0 Å². The third kappa shape index (κ3) is 2.82. The van der Waals surface area contributed by atoms with Crippen LogP contribution in [0.2, 0.25) is 0 Å². The third-order valence-corrected chi connectivity index (χ3v) is 3.70. The maximum absolute atomic E-state index is 5.33. The first-order chi connectivity index (χ1) is 8.74. The normalized spacial score (nSPS) is 14.4. The Bertz CT molecular complexity index is 484. The second-order valence-corrected chi connectivity index (χ2v) is 4.95. The van der Waals surface area contributed by atoms with E-state index in [2.05, 4.69) is 46.1 Å². The topological polar surface area (TPSA) is 38.1 Å². The van der Waals surface area contributed by atoms with Gasteiger partial charge in [0.1, 0.15) is 0 Å². The Morgan fingerprint density at radius 2 is 2.22 bits per heavy atom. The largest absolute Gasteiger partial charge is 0.457 e. The molecule has 2 heterocycles. The van der Waals surface area contributed by atoms with E-state index >= 15 is 0 Å². The Hall–Kier alpha value is -1.13. The first-order valence-electron chi connectivity index (χ1n) is 6.11. The van der Waals surface area contributed by atoms with E-state index in [9.17, 15) is 0 Å². The van der Waals surface area contributed by atoms with Crippen molar-refractivity contribution in [3.63, 3.8) is 0 Å². The molecule has 18 heavy (non-hydrogen) atoms. The van der Waals surface area contributed by atoms with Crippen molar-refractivity contribution in [1.82, 2.24) is 10.3 Å². The zero-order valence-corrected chi connectivity index (χ0v) is 12.1. The molecular formula is C14H17BrN2O. The van der Waals surface area contributed by atoms with Gasteiger partial charge in [-0.3, -0.25) is 4.98 Å². The van der Waals surface area contributed by atoms with Gasteiger partial charge in [-0.05, 0) is 40.7 Å². The molecule has 0 radical (unpaired) electrons. The Labute approximate surface area is 116 Å². The van der Waals surface area contributed by atoms with Crippen LogP contribution in [-0.4, -0.2) is 11.5 Å². The zero-order valence-electron chi connectivity index (χ0n) is 10.6. The molecule has 1 N–H and O–H groups in total. The lowest BCUT2D eigenvalue weighted by molar-refractivity contribution is 0.457. The molecule has 0 spiro atoms. The quantitative estimate of drug-likeness (QED) is 0.910. The summed E-state index contributed by atoms with van der Waals surface area (Å²) < 4.78 is 6.12. The fraction of sp³-hybridized carbons (Fsp3) is 0.357. The number of pyridine rings is 1. The molecule has 0 aliphatic rings. The first-order valence-corrected chi connectivity index (χ1v) is 6.90. The van der Waals surface area contributed by atoms with Crippen LogP contribution in [0.1, 0.15) is 37.1 Å². The highest BCUT2D eigenvalue weighted by molar-refractivity contribution is 9.10. The monoisotopic (exact) mass is 308 g/mol. The lowest BCUT2D eigenvalue weighted by atomic mass is 9.93. The molecule has 0 bridgehead atoms. The zero-order chi connectivity index (χ0) is 13.0. The van der Waals surface area contributed by atoms with Crippen LogP contribution in [0.15, 0.2) is 45.8 Å². The van der Waals surface area contributed by atoms with Crippen LogP contribution < -0.4 is 5.32 Å². The molecule has 2 unspecified atom stereocenters. The number of furan rings is 1. The fourth-order valence-corrected chi connectivity index (χ4v) is 2.61. The van der Waals surface area contributed by atoms with Crippen LogP contribution in [0.4, 0.5) is 0 Å². The van der Waals surface area contributed by atoms with E-state index < -0.39 is 0 Å². The van der Waals surface area contributed by atoms with Crippen LogP contribution >= 0.6 is 15.9 Å². The summed E-state index contributed by atoms with van der Waals surface area (Å²) in [5.74, 6) is 0.278. The summed E-state index contributed by atoms with van der Waals surface area (Å²) in [6.45, 7) is 5.18. The number of hydrogen-bond donors (Lipinski definition) is 1. The van der Waals surface area contributed by atoms with E-state index in [0.717, 1.165) is 22.5 Å². The molecule has 0 aromatic carbocycles. The molecule has 0 fully saturated rings. The summed E-state index contributed by atoms with van der Waals surface area (Å²) in [6, 6.07) is 8.20. The minimum absolute atomic E-state index is 0.193. The molecule has 0 saturated carbocycles. The maximum Gasteiger partial charge on any atom is 0.173 e. The lowest BCUT2D eigenvalue weighted by Crippen LogP contribution is -2.26. The van der Waals surface area contributed by atoms with Crippen LogP contribution in [0.5, 0.6) is 0 Å². The molecule has 96 valence electrons. The van der Waals surface area contributed by atoms with Gasteiger partial charge in [0.15, 0.2) is 4.67 Å². The van der Waals surface area contributed by atoms with Gasteiger partial charge in [-0.2, -0.15) is 0 Å². The molecule has 0 aliphatic carbocycles. The second kappa shape index (κ2) is 6.16. The Morgan fingerprint density at radius 3 is 2.78 bits per heavy atom. The number of halogens is 1. The van der Waals surface area contributed by atoms with E-state index in [-0.39, 0.29) is 12.0 Å². The first kappa shape index (κ1) is 13.3. The third-order valence-electron chi connectivity index (χ3n) is 3.06. The summed E-state index contributed by atoms with van der Waals surface area (Å²) in [5, 5.41) is 3.49. The van der Waals surface area contributed by atoms with Crippen molar-refractivity contribution < 1.29 is 4.42 Å². The maximum atomic E-state index is 5.33. The molecule has 2 aromatic rings. The molecule has 0 aliphatic heterocycles. The van der Waals surface area contributed by atoms with Gasteiger partial charge in [0, 0.05) is 29.4 Å². The highest BCUT2D eigenvalue weighted by Gasteiger charge is 2.24. The summed E-state index contributed by atoms with van der Waals surface area (Å²) in [6.07, 6.45) is 3.54. The van der Waals surface area contributed by atoms with E-state index in [1.165, 1.54) is 0 Å². The number of aromatic nitrogens is 1. The Morgan fingerprint density at radius 1 is 1.39 bits per heavy atom. The van der Waals surface area contributed by atoms with Crippen molar-refractivity contribution in [3.8, 4) is 0 Å². The molecule has 2 atom stereocenters. The van der Waals surface area contributed by atoms with Gasteiger partial charge >= 0.3 is 0 Å². The average Bonchev–Trinajstić information content (AvgIpc) is 2.82. The van der Waals surface area contributed by atoms with E-state index in [4.69, 9.17) is 4.42 Å². The molecule has 2 aromatic heterocycles. The molecular weight excluding hydrogens is 292 g/mol. The summed E-state index contributed by atoms with van der Waals surface area (Å²) >= 11 is 3.45. The van der Waals surface area contributed by atoms with Gasteiger partial charge in [0.2, 0.25) is 0 Å². The summed E-state index contributed by atoms with van der Waals surface area (Å²) in [7, 11) is 0. The van der Waals surface area contributed by atoms with Gasteiger partial charge < -0.3 is 9.73 Å². The molecule has 2 rings (SSSR count). The number of likely N-dealkylation sites (N-methyl/N-ethyl adjacent to an activating group) is 1. The predicted molar refractivity (Wildman–Crippen MR) is 75.5 cm³/mol. The van der Waals surface area contributed by atoms with Crippen molar-refractivity contribution in [3.05, 3.63) is 52.7 Å². The van der Waals surface area contributed by atoms with E-state index in [0.29, 0.717) is 0 Å². The highest BCUT2D eigenvalue weighted by Crippen LogP contribution is 2.34. The lowest BCUT2D eigenvalue weighted by Gasteiger charge is -2.23. The minimum atomic E-state index is 0.193. The smallest absolute Gasteiger partial charge is 0.173 e. The standard InChI is InChI=1S/C14H17BrN2O/c1-3-16-13(11-7-9-18-14(11)15)10(2)12-6-4-5-8-17-12/h4-10,13,16H,3H2,1-2H3. The Kier molecular flexibility index (Phi) is 4.55. The van der Waals surface area contributed by atoms with Crippen molar-refractivity contribution in [1.29, 1.82) is 0 Å². The number of hydrogen-bond acceptors (Lipinski definition) is 3. The van der Waals surface area contributed by atoms with Gasteiger partial charge in [-0.1, -0.05) is 19.9 Å².